The number of carbonyl (C=O) groups is 6. The Kier molecular flexibility index (Phi) is 27.6. The molecule has 0 aromatic rings. The first-order valence-electron chi connectivity index (χ1n) is 2.80. The number of hydrogen-bond acceptors (Lipinski definition) is 9. The van der Waals surface area contributed by atoms with Crippen LogP contribution in [0.25, 0.3) is 0 Å². The molecule has 1 radical (unpaired) electrons. The predicted octanol–water partition coefficient (Wildman–Crippen LogP) is -6.20. The maximum Gasteiger partial charge on any atom is 3.00 e. The summed E-state index contributed by atoms with van der Waals surface area (Å²) in [5.74, 6) is -5.03. The van der Waals surface area contributed by atoms with Gasteiger partial charge in [0.1, 0.15) is 17.9 Å². The Balaban J connectivity index is -0.0000000655. The number of hydrogen-bond donors (Lipinski definition) is 0. The van der Waals surface area contributed by atoms with Crippen LogP contribution in [0.4, 0.5) is 0 Å². The van der Waals surface area contributed by atoms with E-state index in [0.29, 0.717) is 0 Å². The van der Waals surface area contributed by atoms with Crippen molar-refractivity contribution in [2.24, 2.45) is 0 Å². The average Bonchev–Trinajstić information content (AvgIpc) is 2.19. The summed E-state index contributed by atoms with van der Waals surface area (Å²) in [6.45, 7) is 0. The molecule has 0 spiro atoms. The molecule has 0 fully saturated rings. The van der Waals surface area contributed by atoms with Gasteiger partial charge in [-0.1, -0.05) is 0 Å². The van der Waals surface area contributed by atoms with E-state index in [0.717, 1.165) is 0 Å². The molecule has 0 aliphatic rings. The molecule has 0 heterocycles. The van der Waals surface area contributed by atoms with Gasteiger partial charge in [0.2, 0.25) is 0 Å². The van der Waals surface area contributed by atoms with Crippen molar-refractivity contribution in [1.29, 1.82) is 0 Å². The summed E-state index contributed by atoms with van der Waals surface area (Å²) in [5, 5.41) is 26.7. The zero-order valence-electron chi connectivity index (χ0n) is 7.31. The first-order chi connectivity index (χ1) is 6.81. The summed E-state index contributed by atoms with van der Waals surface area (Å²) in [4.78, 5) is 53.2. The number of rotatable bonds is 3. The molecule has 0 rings (SSSR count). The molecule has 10 heteroatoms. The number of carbonyl (C=O) groups excluding carboxylic acids is 6. The van der Waals surface area contributed by atoms with Crippen molar-refractivity contribution in [3.8, 4) is 0 Å². The van der Waals surface area contributed by atoms with Crippen LogP contribution in [-0.2, 0) is 46.1 Å². The Morgan fingerprint density at radius 3 is 0.688 bits per heavy atom. The molecule has 0 unspecified atom stereocenters. The van der Waals surface area contributed by atoms with Crippen LogP contribution in [0, 0.1) is 0 Å². The summed E-state index contributed by atoms with van der Waals surface area (Å²) < 4.78 is 0. The average molecular weight is 271 g/mol. The van der Waals surface area contributed by atoms with Gasteiger partial charge in [0, 0.05) is 0 Å². The van der Waals surface area contributed by atoms with Crippen LogP contribution < -0.4 is 15.3 Å². The van der Waals surface area contributed by atoms with Crippen molar-refractivity contribution in [2.75, 3.05) is 0 Å². The van der Waals surface area contributed by atoms with Gasteiger partial charge in [-0.3, -0.25) is 14.4 Å². The monoisotopic (exact) mass is 271 g/mol. The Morgan fingerprint density at radius 1 is 0.625 bits per heavy atom. The molecule has 87 valence electrons. The van der Waals surface area contributed by atoms with E-state index < -0.39 is 17.9 Å². The van der Waals surface area contributed by atoms with E-state index in [1.54, 1.807) is 0 Å². The second-order valence-electron chi connectivity index (χ2n) is 1.31. The van der Waals surface area contributed by atoms with Gasteiger partial charge in [-0.15, -0.1) is 0 Å². The third-order valence-electron chi connectivity index (χ3n) is 0.289. The van der Waals surface area contributed by atoms with E-state index in [1.165, 1.54) is 0 Å². The second kappa shape index (κ2) is 18.7. The number of carboxylic acids is 3. The molecule has 0 N–H and O–H groups in total. The maximum absolute atomic E-state index is 8.89. The Bertz CT molecular complexity index is 216. The standard InChI is InChI=1S/3C2H2O3.Cr/c3*3-1-2(4)5;/h3*1H,(H,4,5);/q;;;+3/p-3. The zero-order valence-corrected chi connectivity index (χ0v) is 8.59. The number of carboxylic acid groups (broad SMARTS) is 3. The summed E-state index contributed by atoms with van der Waals surface area (Å²) in [6.07, 6.45) is -0.833. The van der Waals surface area contributed by atoms with Gasteiger partial charge in [0.05, 0.1) is 0 Å². The fourth-order valence-corrected chi connectivity index (χ4v) is 0. The van der Waals surface area contributed by atoms with Crippen LogP contribution in [0.3, 0.4) is 0 Å². The van der Waals surface area contributed by atoms with Gasteiger partial charge in [-0.2, -0.15) is 0 Å². The molecule has 0 aliphatic heterocycles. The molecule has 0 aromatic heterocycles. The summed E-state index contributed by atoms with van der Waals surface area (Å²) in [7, 11) is 0. The van der Waals surface area contributed by atoms with E-state index in [2.05, 4.69) is 0 Å². The first kappa shape index (κ1) is 23.6. The molecule has 16 heavy (non-hydrogen) atoms. The van der Waals surface area contributed by atoms with Gasteiger partial charge in [-0.25, -0.2) is 0 Å². The van der Waals surface area contributed by atoms with Crippen molar-refractivity contribution in [3.63, 3.8) is 0 Å². The van der Waals surface area contributed by atoms with Gasteiger partial charge in [0.15, 0.2) is 18.9 Å². The Hall–Kier alpha value is -2.05. The first-order valence-corrected chi connectivity index (χ1v) is 2.80. The normalized spacial score (nSPS) is 6.00. The Labute approximate surface area is 98.8 Å². The molecule has 9 nitrogen and oxygen atoms in total. The minimum Gasteiger partial charge on any atom is -0.542 e. The fourth-order valence-electron chi connectivity index (χ4n) is 0. The molecule has 0 bridgehead atoms. The molecule has 0 aliphatic carbocycles. The minimum atomic E-state index is -1.68. The van der Waals surface area contributed by atoms with E-state index in [9.17, 15) is 0 Å². The van der Waals surface area contributed by atoms with Crippen LogP contribution in [0.5, 0.6) is 0 Å². The van der Waals surface area contributed by atoms with Gasteiger partial charge in [-0.05, 0) is 0 Å². The van der Waals surface area contributed by atoms with E-state index in [-0.39, 0.29) is 36.2 Å². The topological polar surface area (TPSA) is 172 Å². The quantitative estimate of drug-likeness (QED) is 0.357. The van der Waals surface area contributed by atoms with Crippen LogP contribution in [-0.4, -0.2) is 36.8 Å². The Morgan fingerprint density at radius 2 is 0.688 bits per heavy atom. The third-order valence-corrected chi connectivity index (χ3v) is 0.289. The van der Waals surface area contributed by atoms with Crippen molar-refractivity contribution in [1.82, 2.24) is 0 Å². The smallest absolute Gasteiger partial charge is 0.542 e. The molecule has 0 aromatic carbocycles. The van der Waals surface area contributed by atoms with Crippen molar-refractivity contribution in [3.05, 3.63) is 0 Å². The number of aliphatic carboxylic acids is 3. The molecule has 0 amide bonds. The third kappa shape index (κ3) is 91.8. The SMILES string of the molecule is O=CC(=O)[O-].O=CC(=O)[O-].O=CC(=O)[O-].[Cr+3]. The van der Waals surface area contributed by atoms with Crippen LogP contribution in [0.15, 0.2) is 0 Å². The second-order valence-corrected chi connectivity index (χ2v) is 1.31. The van der Waals surface area contributed by atoms with E-state index >= 15 is 0 Å². The van der Waals surface area contributed by atoms with Crippen molar-refractivity contribution < 1.29 is 61.4 Å². The summed E-state index contributed by atoms with van der Waals surface area (Å²) >= 11 is 0. The molecule has 0 saturated heterocycles. The summed E-state index contributed by atoms with van der Waals surface area (Å²) in [5.41, 5.74) is 0. The fraction of sp³-hybridized carbons (Fsp3) is 0. The van der Waals surface area contributed by atoms with Crippen molar-refractivity contribution >= 4 is 36.8 Å². The molecular formula is C6H3CrO9. The van der Waals surface area contributed by atoms with Crippen LogP contribution in [0.1, 0.15) is 0 Å². The molecule has 0 saturated carbocycles. The van der Waals surface area contributed by atoms with Gasteiger partial charge in [0.25, 0.3) is 0 Å². The van der Waals surface area contributed by atoms with Crippen molar-refractivity contribution in [2.45, 2.75) is 0 Å². The van der Waals surface area contributed by atoms with Crippen LogP contribution >= 0.6 is 0 Å². The largest absolute Gasteiger partial charge is 3.00 e. The molecule has 0 atom stereocenters. The maximum atomic E-state index is 8.89. The van der Waals surface area contributed by atoms with Gasteiger partial charge < -0.3 is 29.7 Å². The predicted molar refractivity (Wildman–Crippen MR) is 33.2 cm³/mol. The minimum absolute atomic E-state index is 0. The van der Waals surface area contributed by atoms with Crippen LogP contribution in [0.2, 0.25) is 0 Å². The van der Waals surface area contributed by atoms with E-state index in [4.69, 9.17) is 44.1 Å². The zero-order chi connectivity index (χ0) is 12.9. The molecular weight excluding hydrogens is 268 g/mol. The van der Waals surface area contributed by atoms with Gasteiger partial charge >= 0.3 is 17.4 Å². The van der Waals surface area contributed by atoms with E-state index in [1.807, 2.05) is 0 Å². The number of aldehydes is 3. The summed E-state index contributed by atoms with van der Waals surface area (Å²) in [6, 6.07) is 0.